The predicted octanol–water partition coefficient (Wildman–Crippen LogP) is 5.38. The summed E-state index contributed by atoms with van der Waals surface area (Å²) in [4.78, 5) is 24.7. The molecule has 7 rings (SSSR count). The third-order valence-corrected chi connectivity index (χ3v) is 9.92. The maximum atomic E-state index is 12.2. The number of thiazole rings is 1. The van der Waals surface area contributed by atoms with Crippen molar-refractivity contribution in [1.29, 1.82) is 5.26 Å². The summed E-state index contributed by atoms with van der Waals surface area (Å²) < 4.78 is 2.04. The fraction of sp³-hybridized carbons (Fsp3) is 0.438. The van der Waals surface area contributed by atoms with Crippen molar-refractivity contribution in [1.82, 2.24) is 19.5 Å². The molecule has 210 valence electrons. The third kappa shape index (κ3) is 4.50. The number of carbonyl (C=O) groups is 1. The summed E-state index contributed by atoms with van der Waals surface area (Å²) in [5.74, 6) is 0.787. The van der Waals surface area contributed by atoms with Gasteiger partial charge in [0.15, 0.2) is 5.13 Å². The van der Waals surface area contributed by atoms with E-state index >= 15 is 0 Å². The number of benzene rings is 1. The number of aromatic nitrogens is 3. The zero-order valence-corrected chi connectivity index (χ0v) is 25.0. The van der Waals surface area contributed by atoms with Gasteiger partial charge >= 0.3 is 0 Å². The number of ketones is 1. The molecule has 1 saturated carbocycles. The first-order valence-corrected chi connectivity index (χ1v) is 15.3. The molecule has 2 saturated heterocycles. The smallest absolute Gasteiger partial charge is 0.191 e. The van der Waals surface area contributed by atoms with Crippen molar-refractivity contribution >= 4 is 39.1 Å². The van der Waals surface area contributed by atoms with Crippen LogP contribution in [0.15, 0.2) is 36.4 Å². The largest absolute Gasteiger partial charge is 0.370 e. The van der Waals surface area contributed by atoms with Gasteiger partial charge in [-0.05, 0) is 45.2 Å². The lowest BCUT2D eigenvalue weighted by Gasteiger charge is -2.61. The molecule has 9 heteroatoms. The molecule has 1 spiro atoms. The number of hydrogen-bond donors (Lipinski definition) is 0. The number of Topliss-reactive ketones (excluding diaryl/α,β-unsaturated/α-hetero) is 1. The van der Waals surface area contributed by atoms with Gasteiger partial charge in [0.05, 0.1) is 23.4 Å². The quantitative estimate of drug-likeness (QED) is 0.284. The standard InChI is InChI=1S/C32H35N7OS/c1-5-25-30(36(4)31-34-29(28(14-33)41-31)23-8-6-20(2)7-9-23)26-13-24(12-21(3)39(26)35-25)38-18-32(19-38)16-37(17-32)15-27(40)22-10-11-22/h6-9,12-13,22H,5,10-11,15-19H2,1-4H3. The Morgan fingerprint density at radius 1 is 1.15 bits per heavy atom. The highest BCUT2D eigenvalue weighted by Gasteiger charge is 2.52. The Kier molecular flexibility index (Phi) is 6.18. The number of fused-ring (bicyclic) bond motifs is 1. The lowest BCUT2D eigenvalue weighted by molar-refractivity contribution is -0.125. The van der Waals surface area contributed by atoms with E-state index in [1.54, 1.807) is 0 Å². The number of anilines is 3. The summed E-state index contributed by atoms with van der Waals surface area (Å²) in [5, 5.41) is 15.7. The Balaban J connectivity index is 1.16. The van der Waals surface area contributed by atoms with E-state index in [2.05, 4.69) is 65.8 Å². The fourth-order valence-corrected chi connectivity index (χ4v) is 7.41. The van der Waals surface area contributed by atoms with Crippen LogP contribution in [-0.2, 0) is 11.2 Å². The number of aryl methyl sites for hydroxylation is 3. The van der Waals surface area contributed by atoms with Crippen LogP contribution in [0.2, 0.25) is 0 Å². The summed E-state index contributed by atoms with van der Waals surface area (Å²) >= 11 is 1.42. The Morgan fingerprint density at radius 2 is 1.88 bits per heavy atom. The van der Waals surface area contributed by atoms with Crippen molar-refractivity contribution < 1.29 is 4.79 Å². The SMILES string of the molecule is CCc1nn2c(C)cc(N3CC4(CN(CC(=O)C5CC5)C4)C3)cc2c1N(C)c1nc(-c2ccc(C)cc2)c(C#N)s1. The summed E-state index contributed by atoms with van der Waals surface area (Å²) in [6.45, 7) is 11.0. The normalized spacial score (nSPS) is 17.9. The van der Waals surface area contributed by atoms with Gasteiger partial charge in [-0.25, -0.2) is 9.50 Å². The molecule has 8 nitrogen and oxygen atoms in total. The summed E-state index contributed by atoms with van der Waals surface area (Å²) in [6.07, 6.45) is 2.98. The van der Waals surface area contributed by atoms with Crippen molar-refractivity contribution in [2.45, 2.75) is 40.0 Å². The number of nitriles is 1. The highest BCUT2D eigenvalue weighted by Crippen LogP contribution is 2.44. The van der Waals surface area contributed by atoms with Crippen molar-refractivity contribution in [2.24, 2.45) is 11.3 Å². The predicted molar refractivity (Wildman–Crippen MR) is 163 cm³/mol. The summed E-state index contributed by atoms with van der Waals surface area (Å²) in [7, 11) is 2.03. The molecule has 0 bridgehead atoms. The van der Waals surface area contributed by atoms with Gasteiger partial charge in [0.1, 0.15) is 22.4 Å². The fourth-order valence-electron chi connectivity index (χ4n) is 6.56. The molecule has 3 fully saturated rings. The first-order chi connectivity index (χ1) is 19.8. The second-order valence-corrected chi connectivity index (χ2v) is 13.2. The minimum absolute atomic E-state index is 0.319. The van der Waals surface area contributed by atoms with Crippen molar-refractivity contribution in [3.63, 3.8) is 0 Å². The zero-order valence-electron chi connectivity index (χ0n) is 24.1. The topological polar surface area (TPSA) is 80.8 Å². The number of likely N-dealkylation sites (tertiary alicyclic amines) is 1. The maximum absolute atomic E-state index is 12.2. The van der Waals surface area contributed by atoms with E-state index in [9.17, 15) is 10.1 Å². The molecule has 1 aliphatic carbocycles. The van der Waals surface area contributed by atoms with Crippen molar-refractivity contribution in [3.05, 3.63) is 58.2 Å². The third-order valence-electron chi connectivity index (χ3n) is 8.89. The minimum atomic E-state index is 0.319. The Labute approximate surface area is 244 Å². The van der Waals surface area contributed by atoms with Gasteiger partial charge in [-0.15, -0.1) is 0 Å². The van der Waals surface area contributed by atoms with E-state index in [0.717, 1.165) is 84.4 Å². The molecule has 4 aromatic rings. The van der Waals surface area contributed by atoms with Gasteiger partial charge in [-0.3, -0.25) is 9.69 Å². The maximum Gasteiger partial charge on any atom is 0.191 e. The highest BCUT2D eigenvalue weighted by atomic mass is 32.1. The molecule has 0 unspecified atom stereocenters. The van der Waals surface area contributed by atoms with Gasteiger partial charge in [0, 0.05) is 61.5 Å². The average Bonchev–Trinajstić information content (AvgIpc) is 3.58. The number of rotatable bonds is 8. The number of nitrogens with zero attached hydrogens (tertiary/aromatic N) is 7. The van der Waals surface area contributed by atoms with Crippen LogP contribution < -0.4 is 9.80 Å². The van der Waals surface area contributed by atoms with E-state index in [-0.39, 0.29) is 0 Å². The van der Waals surface area contributed by atoms with Crippen LogP contribution in [0.1, 0.15) is 41.6 Å². The van der Waals surface area contributed by atoms with Crippen LogP contribution in [0.3, 0.4) is 0 Å². The lowest BCUT2D eigenvalue weighted by Crippen LogP contribution is -2.72. The van der Waals surface area contributed by atoms with E-state index in [1.807, 2.05) is 23.7 Å². The molecular weight excluding hydrogens is 530 g/mol. The summed E-state index contributed by atoms with van der Waals surface area (Å²) in [5.41, 5.74) is 8.58. The van der Waals surface area contributed by atoms with Crippen molar-refractivity contribution in [2.75, 3.05) is 49.6 Å². The monoisotopic (exact) mass is 565 g/mol. The Morgan fingerprint density at radius 3 is 2.54 bits per heavy atom. The second-order valence-electron chi connectivity index (χ2n) is 12.3. The van der Waals surface area contributed by atoms with E-state index in [4.69, 9.17) is 10.1 Å². The van der Waals surface area contributed by atoms with Gasteiger partial charge < -0.3 is 9.80 Å². The van der Waals surface area contributed by atoms with Gasteiger partial charge in [-0.1, -0.05) is 48.1 Å². The molecular formula is C32H35N7OS. The molecule has 3 aromatic heterocycles. The van der Waals surface area contributed by atoms with Gasteiger partial charge in [0.2, 0.25) is 0 Å². The average molecular weight is 566 g/mol. The molecule has 0 N–H and O–H groups in total. The highest BCUT2D eigenvalue weighted by molar-refractivity contribution is 7.16. The van der Waals surface area contributed by atoms with Crippen LogP contribution >= 0.6 is 11.3 Å². The molecule has 3 aliphatic rings. The van der Waals surface area contributed by atoms with Gasteiger partial charge in [-0.2, -0.15) is 10.4 Å². The number of carbonyl (C=O) groups excluding carboxylic acids is 1. The van der Waals surface area contributed by atoms with E-state index < -0.39 is 0 Å². The molecule has 0 amide bonds. The minimum Gasteiger partial charge on any atom is -0.370 e. The summed E-state index contributed by atoms with van der Waals surface area (Å²) in [6, 6.07) is 15.0. The molecule has 5 heterocycles. The van der Waals surface area contributed by atoms with E-state index in [1.165, 1.54) is 22.6 Å². The molecule has 0 atom stereocenters. The molecule has 41 heavy (non-hydrogen) atoms. The van der Waals surface area contributed by atoms with Crippen molar-refractivity contribution in [3.8, 4) is 17.3 Å². The second kappa shape index (κ2) is 9.68. The van der Waals surface area contributed by atoms with Crippen LogP contribution in [0.5, 0.6) is 0 Å². The van der Waals surface area contributed by atoms with E-state index in [0.29, 0.717) is 28.5 Å². The number of pyridine rings is 1. The van der Waals surface area contributed by atoms with Crippen LogP contribution in [0.25, 0.3) is 16.8 Å². The lowest BCUT2D eigenvalue weighted by atomic mass is 9.72. The molecule has 1 aromatic carbocycles. The van der Waals surface area contributed by atoms with Crippen LogP contribution in [0.4, 0.5) is 16.5 Å². The molecule has 2 aliphatic heterocycles. The van der Waals surface area contributed by atoms with Crippen LogP contribution in [-0.4, -0.2) is 65.1 Å². The molecule has 0 radical (unpaired) electrons. The first kappa shape index (κ1) is 26.2. The Bertz CT molecular complexity index is 1690. The Hall–Kier alpha value is -3.74. The van der Waals surface area contributed by atoms with Gasteiger partial charge in [0.25, 0.3) is 0 Å². The first-order valence-electron chi connectivity index (χ1n) is 14.5. The van der Waals surface area contributed by atoms with Crippen LogP contribution in [0, 0.1) is 36.5 Å². The number of hydrogen-bond acceptors (Lipinski definition) is 8. The zero-order chi connectivity index (χ0) is 28.5.